The molecule has 4 rings (SSSR count). The molecule has 0 fully saturated rings. The zero-order valence-corrected chi connectivity index (χ0v) is 18.6. The van der Waals surface area contributed by atoms with Crippen LogP contribution in [0.1, 0.15) is 51.8 Å². The van der Waals surface area contributed by atoms with Crippen LogP contribution in [-0.4, -0.2) is 4.98 Å². The van der Waals surface area contributed by atoms with E-state index >= 15 is 0 Å². The van der Waals surface area contributed by atoms with Crippen molar-refractivity contribution >= 4 is 16.6 Å². The van der Waals surface area contributed by atoms with E-state index in [1.54, 1.807) is 0 Å². The first-order chi connectivity index (χ1) is 14.4. The van der Waals surface area contributed by atoms with E-state index in [0.29, 0.717) is 5.92 Å². The minimum atomic E-state index is 0.301. The van der Waals surface area contributed by atoms with E-state index < -0.39 is 0 Å². The zero-order chi connectivity index (χ0) is 21.3. The van der Waals surface area contributed by atoms with Crippen molar-refractivity contribution in [1.82, 2.24) is 4.98 Å². The van der Waals surface area contributed by atoms with E-state index in [4.69, 9.17) is 0 Å². The summed E-state index contributed by atoms with van der Waals surface area (Å²) in [4.78, 5) is 4.67. The number of nitrogens with zero attached hydrogens (tertiary/aromatic N) is 1. The lowest BCUT2D eigenvalue weighted by Crippen LogP contribution is -2.06. The number of benzene rings is 3. The number of hydrogen-bond donors (Lipinski definition) is 1. The summed E-state index contributed by atoms with van der Waals surface area (Å²) in [6.45, 7) is 11.9. The summed E-state index contributed by atoms with van der Waals surface area (Å²) in [6, 6.07) is 21.8. The largest absolute Gasteiger partial charge is 0.381 e. The lowest BCUT2D eigenvalue weighted by atomic mass is 9.87. The summed E-state index contributed by atoms with van der Waals surface area (Å²) in [5.74, 6) is 0.301. The molecule has 0 aliphatic carbocycles. The number of fused-ring (bicyclic) bond motifs is 1. The normalized spacial score (nSPS) is 12.2. The highest BCUT2D eigenvalue weighted by atomic mass is 14.9. The first-order valence-corrected chi connectivity index (χ1v) is 10.7. The van der Waals surface area contributed by atoms with Gasteiger partial charge in [-0.25, -0.2) is 0 Å². The quantitative estimate of drug-likeness (QED) is 0.386. The van der Waals surface area contributed by atoms with Crippen LogP contribution in [0.3, 0.4) is 0 Å². The molecule has 0 bridgehead atoms. The lowest BCUT2D eigenvalue weighted by molar-refractivity contribution is 0.892. The molecule has 1 aromatic heterocycles. The fourth-order valence-corrected chi connectivity index (χ4v) is 4.49. The van der Waals surface area contributed by atoms with Gasteiger partial charge < -0.3 is 5.32 Å². The van der Waals surface area contributed by atoms with E-state index in [1.165, 1.54) is 50.0 Å². The first kappa shape index (κ1) is 20.2. The Morgan fingerprint density at radius 1 is 0.833 bits per heavy atom. The predicted molar refractivity (Wildman–Crippen MR) is 128 cm³/mol. The van der Waals surface area contributed by atoms with Crippen LogP contribution in [-0.2, 0) is 6.54 Å². The number of nitrogens with one attached hydrogen (secondary N) is 1. The Kier molecular flexibility index (Phi) is 5.59. The molecule has 30 heavy (non-hydrogen) atoms. The van der Waals surface area contributed by atoms with Crippen molar-refractivity contribution in [2.45, 2.75) is 47.1 Å². The summed E-state index contributed by atoms with van der Waals surface area (Å²) in [5.41, 5.74) is 11.5. The molecule has 0 radical (unpaired) electrons. The molecule has 152 valence electrons. The molecule has 0 spiro atoms. The molecule has 0 aliphatic heterocycles. The number of aryl methyl sites for hydroxylation is 4. The van der Waals surface area contributed by atoms with Crippen LogP contribution in [0.15, 0.2) is 66.9 Å². The summed E-state index contributed by atoms with van der Waals surface area (Å²) < 4.78 is 0. The molecule has 0 amide bonds. The topological polar surface area (TPSA) is 24.9 Å². The maximum atomic E-state index is 4.67. The highest BCUT2D eigenvalue weighted by molar-refractivity contribution is 5.79. The van der Waals surface area contributed by atoms with Gasteiger partial charge in [-0.2, -0.15) is 0 Å². The molecule has 0 saturated heterocycles. The van der Waals surface area contributed by atoms with Gasteiger partial charge in [0.25, 0.3) is 0 Å². The van der Waals surface area contributed by atoms with Crippen molar-refractivity contribution in [2.75, 3.05) is 5.32 Å². The number of rotatable bonds is 5. The molecule has 4 aromatic rings. The third kappa shape index (κ3) is 4.09. The van der Waals surface area contributed by atoms with Crippen LogP contribution in [0.4, 0.5) is 5.69 Å². The second-order valence-corrected chi connectivity index (χ2v) is 8.49. The molecule has 1 heterocycles. The van der Waals surface area contributed by atoms with Gasteiger partial charge in [-0.1, -0.05) is 48.9 Å². The van der Waals surface area contributed by atoms with Gasteiger partial charge in [0, 0.05) is 29.7 Å². The second-order valence-electron chi connectivity index (χ2n) is 8.49. The van der Waals surface area contributed by atoms with Crippen LogP contribution in [0, 0.1) is 27.7 Å². The van der Waals surface area contributed by atoms with Gasteiger partial charge in [-0.15, -0.1) is 0 Å². The van der Waals surface area contributed by atoms with E-state index in [1.807, 2.05) is 12.3 Å². The van der Waals surface area contributed by atoms with Crippen molar-refractivity contribution in [1.29, 1.82) is 0 Å². The Labute approximate surface area is 180 Å². The standard InChI is InChI=1S/C28H30N2/c1-18-10-11-24(19(2)12-18)16-29-26-13-20(3)28(21(4)14-26)22(5)25-15-23-8-6-7-9-27(23)30-17-25/h6-15,17,22,29H,16H2,1-5H3. The number of anilines is 1. The van der Waals surface area contributed by atoms with Crippen LogP contribution in [0.25, 0.3) is 10.9 Å². The molecule has 1 unspecified atom stereocenters. The lowest BCUT2D eigenvalue weighted by Gasteiger charge is -2.20. The fourth-order valence-electron chi connectivity index (χ4n) is 4.49. The van der Waals surface area contributed by atoms with E-state index in [9.17, 15) is 0 Å². The molecule has 1 N–H and O–H groups in total. The van der Waals surface area contributed by atoms with Crippen molar-refractivity contribution in [3.8, 4) is 0 Å². The van der Waals surface area contributed by atoms with Crippen molar-refractivity contribution < 1.29 is 0 Å². The van der Waals surface area contributed by atoms with Gasteiger partial charge in [-0.3, -0.25) is 4.98 Å². The summed E-state index contributed by atoms with van der Waals surface area (Å²) >= 11 is 0. The smallest absolute Gasteiger partial charge is 0.0702 e. The van der Waals surface area contributed by atoms with E-state index in [-0.39, 0.29) is 0 Å². The Balaban J connectivity index is 1.58. The average Bonchev–Trinajstić information content (AvgIpc) is 2.72. The average molecular weight is 395 g/mol. The zero-order valence-electron chi connectivity index (χ0n) is 18.6. The van der Waals surface area contributed by atoms with Crippen LogP contribution in [0.2, 0.25) is 0 Å². The molecular weight excluding hydrogens is 364 g/mol. The maximum absolute atomic E-state index is 4.67. The highest BCUT2D eigenvalue weighted by Crippen LogP contribution is 2.32. The van der Waals surface area contributed by atoms with Gasteiger partial charge in [0.15, 0.2) is 0 Å². The number of hydrogen-bond acceptors (Lipinski definition) is 2. The van der Waals surface area contributed by atoms with Gasteiger partial charge in [0.1, 0.15) is 0 Å². The maximum Gasteiger partial charge on any atom is 0.0702 e. The monoisotopic (exact) mass is 394 g/mol. The van der Waals surface area contributed by atoms with Gasteiger partial charge >= 0.3 is 0 Å². The van der Waals surface area contributed by atoms with Gasteiger partial charge in [0.2, 0.25) is 0 Å². The van der Waals surface area contributed by atoms with Crippen molar-refractivity contribution in [2.24, 2.45) is 0 Å². The Morgan fingerprint density at radius 3 is 2.30 bits per heavy atom. The Hall–Kier alpha value is -3.13. The van der Waals surface area contributed by atoms with E-state index in [0.717, 1.165) is 12.1 Å². The number of pyridine rings is 1. The third-order valence-corrected chi connectivity index (χ3v) is 6.12. The first-order valence-electron chi connectivity index (χ1n) is 10.7. The number of aromatic nitrogens is 1. The van der Waals surface area contributed by atoms with Crippen molar-refractivity contribution in [3.05, 3.63) is 106 Å². The fraction of sp³-hybridized carbons (Fsp3) is 0.250. The van der Waals surface area contributed by atoms with E-state index in [2.05, 4.69) is 99.5 Å². The molecule has 2 nitrogen and oxygen atoms in total. The summed E-state index contributed by atoms with van der Waals surface area (Å²) in [5, 5.41) is 4.82. The Bertz CT molecular complexity index is 1180. The second kappa shape index (κ2) is 8.31. The molecule has 0 saturated carbocycles. The predicted octanol–water partition coefficient (Wildman–Crippen LogP) is 7.23. The molecule has 3 aromatic carbocycles. The van der Waals surface area contributed by atoms with Crippen LogP contribution >= 0.6 is 0 Å². The molecular formula is C28H30N2. The SMILES string of the molecule is Cc1ccc(CNc2cc(C)c(C(C)c3cnc4ccccc4c3)c(C)c2)c(C)c1. The Morgan fingerprint density at radius 2 is 1.57 bits per heavy atom. The molecule has 1 atom stereocenters. The van der Waals surface area contributed by atoms with Crippen LogP contribution < -0.4 is 5.32 Å². The number of para-hydroxylation sites is 1. The van der Waals surface area contributed by atoms with Gasteiger partial charge in [-0.05, 0) is 85.3 Å². The third-order valence-electron chi connectivity index (χ3n) is 6.12. The highest BCUT2D eigenvalue weighted by Gasteiger charge is 2.16. The van der Waals surface area contributed by atoms with Crippen molar-refractivity contribution in [3.63, 3.8) is 0 Å². The minimum absolute atomic E-state index is 0.301. The minimum Gasteiger partial charge on any atom is -0.381 e. The molecule has 0 aliphatic rings. The molecule has 2 heteroatoms. The summed E-state index contributed by atoms with van der Waals surface area (Å²) in [7, 11) is 0. The summed E-state index contributed by atoms with van der Waals surface area (Å²) in [6.07, 6.45) is 2.03. The van der Waals surface area contributed by atoms with Gasteiger partial charge in [0.05, 0.1) is 5.52 Å². The van der Waals surface area contributed by atoms with Crippen LogP contribution in [0.5, 0.6) is 0 Å².